The summed E-state index contributed by atoms with van der Waals surface area (Å²) < 4.78 is 0. The van der Waals surface area contributed by atoms with Crippen LogP contribution in [-0.4, -0.2) is 30.7 Å². The quantitative estimate of drug-likeness (QED) is 0.688. The van der Waals surface area contributed by atoms with Gasteiger partial charge in [-0.1, -0.05) is 19.1 Å². The Balaban J connectivity index is 2.53. The van der Waals surface area contributed by atoms with E-state index in [0.717, 1.165) is 12.0 Å². The first-order valence-electron chi connectivity index (χ1n) is 5.86. The van der Waals surface area contributed by atoms with Crippen molar-refractivity contribution in [1.29, 1.82) is 0 Å². The normalized spacial score (nSPS) is 12.2. The van der Waals surface area contributed by atoms with E-state index in [9.17, 15) is 4.79 Å². The highest BCUT2D eigenvalue weighted by atomic mass is 16.3. The fourth-order valence-corrected chi connectivity index (χ4v) is 1.52. The van der Waals surface area contributed by atoms with Crippen LogP contribution in [0.15, 0.2) is 24.3 Å². The molecule has 0 saturated heterocycles. The maximum atomic E-state index is 11.3. The average Bonchev–Trinajstić information content (AvgIpc) is 2.39. The van der Waals surface area contributed by atoms with E-state index < -0.39 is 0 Å². The molecule has 0 unspecified atom stereocenters. The molecule has 3 N–H and O–H groups in total. The molecule has 0 aliphatic carbocycles. The van der Waals surface area contributed by atoms with Gasteiger partial charge in [0.2, 0.25) is 0 Å². The smallest absolute Gasteiger partial charge is 0.251 e. The van der Waals surface area contributed by atoms with E-state index in [1.807, 2.05) is 19.1 Å². The van der Waals surface area contributed by atoms with E-state index in [1.54, 1.807) is 19.2 Å². The van der Waals surface area contributed by atoms with Crippen molar-refractivity contribution in [3.63, 3.8) is 0 Å². The second-order valence-electron chi connectivity index (χ2n) is 3.94. The second kappa shape index (κ2) is 7.04. The van der Waals surface area contributed by atoms with Crippen molar-refractivity contribution in [3.05, 3.63) is 35.4 Å². The molecule has 0 fully saturated rings. The molecule has 0 aromatic heterocycles. The van der Waals surface area contributed by atoms with Crippen molar-refractivity contribution in [2.75, 3.05) is 13.7 Å². The molecule has 1 aromatic carbocycles. The van der Waals surface area contributed by atoms with Crippen LogP contribution in [0.25, 0.3) is 0 Å². The van der Waals surface area contributed by atoms with Gasteiger partial charge < -0.3 is 15.7 Å². The van der Waals surface area contributed by atoms with Gasteiger partial charge >= 0.3 is 0 Å². The lowest BCUT2D eigenvalue weighted by Crippen LogP contribution is -2.31. The van der Waals surface area contributed by atoms with Crippen LogP contribution < -0.4 is 10.6 Å². The highest BCUT2D eigenvalue weighted by Gasteiger charge is 2.05. The number of aliphatic hydroxyl groups is 1. The van der Waals surface area contributed by atoms with Crippen molar-refractivity contribution in [1.82, 2.24) is 10.6 Å². The first kappa shape index (κ1) is 13.7. The number of carbonyl (C=O) groups excluding carboxylic acids is 1. The van der Waals surface area contributed by atoms with Gasteiger partial charge in [0.05, 0.1) is 6.61 Å². The highest BCUT2D eigenvalue weighted by molar-refractivity contribution is 5.93. The standard InChI is InChI=1S/C13H20N2O2/c1-3-12(9-16)15-8-10-4-6-11(7-5-10)13(17)14-2/h4-7,12,15-16H,3,8-9H2,1-2H3,(H,14,17)/t12-/m0/s1. The topological polar surface area (TPSA) is 61.4 Å². The molecule has 4 nitrogen and oxygen atoms in total. The van der Waals surface area contributed by atoms with Crippen LogP contribution in [-0.2, 0) is 6.54 Å². The fourth-order valence-electron chi connectivity index (χ4n) is 1.52. The minimum Gasteiger partial charge on any atom is -0.395 e. The van der Waals surface area contributed by atoms with Crippen LogP contribution in [0.1, 0.15) is 29.3 Å². The van der Waals surface area contributed by atoms with E-state index in [1.165, 1.54) is 0 Å². The van der Waals surface area contributed by atoms with E-state index in [0.29, 0.717) is 12.1 Å². The molecule has 17 heavy (non-hydrogen) atoms. The third-order valence-electron chi connectivity index (χ3n) is 2.75. The van der Waals surface area contributed by atoms with Crippen LogP contribution in [0, 0.1) is 0 Å². The Morgan fingerprint density at radius 1 is 1.35 bits per heavy atom. The maximum absolute atomic E-state index is 11.3. The monoisotopic (exact) mass is 236 g/mol. The van der Waals surface area contributed by atoms with Crippen LogP contribution >= 0.6 is 0 Å². The third kappa shape index (κ3) is 4.17. The molecular formula is C13H20N2O2. The Morgan fingerprint density at radius 2 is 2.00 bits per heavy atom. The lowest BCUT2D eigenvalue weighted by molar-refractivity contribution is 0.0963. The lowest BCUT2D eigenvalue weighted by atomic mass is 10.1. The molecule has 0 aliphatic rings. The third-order valence-corrected chi connectivity index (χ3v) is 2.75. The Morgan fingerprint density at radius 3 is 2.47 bits per heavy atom. The van der Waals surface area contributed by atoms with Gasteiger partial charge in [-0.25, -0.2) is 0 Å². The number of rotatable bonds is 6. The summed E-state index contributed by atoms with van der Waals surface area (Å²) in [4.78, 5) is 11.3. The summed E-state index contributed by atoms with van der Waals surface area (Å²) in [6, 6.07) is 7.57. The number of carbonyl (C=O) groups is 1. The van der Waals surface area contributed by atoms with Crippen LogP contribution in [0.5, 0.6) is 0 Å². The van der Waals surface area contributed by atoms with Gasteiger partial charge in [0.1, 0.15) is 0 Å². The van der Waals surface area contributed by atoms with Crippen molar-refractivity contribution in [3.8, 4) is 0 Å². The number of nitrogens with one attached hydrogen (secondary N) is 2. The molecule has 1 atom stereocenters. The van der Waals surface area contributed by atoms with Gasteiger partial charge in [0.15, 0.2) is 0 Å². The van der Waals surface area contributed by atoms with E-state index in [4.69, 9.17) is 5.11 Å². The summed E-state index contributed by atoms with van der Waals surface area (Å²) >= 11 is 0. The van der Waals surface area contributed by atoms with Crippen molar-refractivity contribution in [2.45, 2.75) is 25.9 Å². The zero-order chi connectivity index (χ0) is 12.7. The molecule has 0 spiro atoms. The second-order valence-corrected chi connectivity index (χ2v) is 3.94. The number of hydrogen-bond donors (Lipinski definition) is 3. The zero-order valence-corrected chi connectivity index (χ0v) is 10.4. The molecule has 1 rings (SSSR count). The van der Waals surface area contributed by atoms with Crippen LogP contribution in [0.2, 0.25) is 0 Å². The van der Waals surface area contributed by atoms with Crippen molar-refractivity contribution >= 4 is 5.91 Å². The van der Waals surface area contributed by atoms with Gasteiger partial charge in [-0.3, -0.25) is 4.79 Å². The highest BCUT2D eigenvalue weighted by Crippen LogP contribution is 2.05. The van der Waals surface area contributed by atoms with Gasteiger partial charge in [-0.05, 0) is 24.1 Å². The predicted molar refractivity (Wildman–Crippen MR) is 67.8 cm³/mol. The Kier molecular flexibility index (Phi) is 5.66. The minimum atomic E-state index is -0.0775. The van der Waals surface area contributed by atoms with Crippen LogP contribution in [0.4, 0.5) is 0 Å². The zero-order valence-electron chi connectivity index (χ0n) is 10.4. The van der Waals surface area contributed by atoms with E-state index in [-0.39, 0.29) is 18.6 Å². The molecule has 0 aliphatic heterocycles. The van der Waals surface area contributed by atoms with Gasteiger partial charge in [-0.15, -0.1) is 0 Å². The summed E-state index contributed by atoms with van der Waals surface area (Å²) in [6.07, 6.45) is 0.896. The molecular weight excluding hydrogens is 216 g/mol. The van der Waals surface area contributed by atoms with Gasteiger partial charge in [-0.2, -0.15) is 0 Å². The summed E-state index contributed by atoms with van der Waals surface area (Å²) in [7, 11) is 1.62. The molecule has 4 heteroatoms. The molecule has 94 valence electrons. The van der Waals surface area contributed by atoms with Gasteiger partial charge in [0, 0.05) is 25.2 Å². The summed E-state index contributed by atoms with van der Waals surface area (Å²) in [5.41, 5.74) is 1.76. The predicted octanol–water partition coefficient (Wildman–Crippen LogP) is 0.907. The summed E-state index contributed by atoms with van der Waals surface area (Å²) in [6.45, 7) is 2.88. The summed E-state index contributed by atoms with van der Waals surface area (Å²) in [5, 5.41) is 14.9. The van der Waals surface area contributed by atoms with Crippen molar-refractivity contribution < 1.29 is 9.90 Å². The number of amides is 1. The van der Waals surface area contributed by atoms with E-state index in [2.05, 4.69) is 10.6 Å². The summed E-state index contributed by atoms with van der Waals surface area (Å²) in [5.74, 6) is -0.0775. The van der Waals surface area contributed by atoms with E-state index >= 15 is 0 Å². The number of aliphatic hydroxyl groups excluding tert-OH is 1. The Labute approximate surface area is 102 Å². The number of hydrogen-bond acceptors (Lipinski definition) is 3. The number of benzene rings is 1. The molecule has 0 radical (unpaired) electrons. The molecule has 0 saturated carbocycles. The van der Waals surface area contributed by atoms with Gasteiger partial charge in [0.25, 0.3) is 5.91 Å². The van der Waals surface area contributed by atoms with Crippen molar-refractivity contribution in [2.24, 2.45) is 0 Å². The first-order chi connectivity index (χ1) is 8.21. The molecule has 0 bridgehead atoms. The largest absolute Gasteiger partial charge is 0.395 e. The fraction of sp³-hybridized carbons (Fsp3) is 0.462. The minimum absolute atomic E-state index is 0.0775. The SMILES string of the molecule is CC[C@@H](CO)NCc1ccc(C(=O)NC)cc1. The lowest BCUT2D eigenvalue weighted by Gasteiger charge is -2.13. The Hall–Kier alpha value is -1.39. The molecule has 0 heterocycles. The first-order valence-corrected chi connectivity index (χ1v) is 5.86. The molecule has 1 amide bonds. The average molecular weight is 236 g/mol. The molecule has 1 aromatic rings. The Bertz CT molecular complexity index is 345. The maximum Gasteiger partial charge on any atom is 0.251 e. The van der Waals surface area contributed by atoms with Crippen LogP contribution in [0.3, 0.4) is 0 Å².